The van der Waals surface area contributed by atoms with E-state index in [0.717, 1.165) is 0 Å². The number of hydrogen-bond acceptors (Lipinski definition) is 3. The predicted octanol–water partition coefficient (Wildman–Crippen LogP) is 0.279. The summed E-state index contributed by atoms with van der Waals surface area (Å²) in [6.45, 7) is 3.73. The molecule has 8 heteroatoms. The monoisotopic (exact) mass is 268 g/mol. The average Bonchev–Trinajstić information content (AvgIpc) is 2.68. The van der Waals surface area contributed by atoms with Crippen molar-refractivity contribution in [2.45, 2.75) is 13.8 Å². The van der Waals surface area contributed by atoms with Gasteiger partial charge in [0.1, 0.15) is 5.69 Å². The smallest absolute Gasteiger partial charge is 0.354 e. The number of carboxylic acids is 1. The van der Waals surface area contributed by atoms with Crippen LogP contribution in [0.4, 0.5) is 10.5 Å². The lowest BCUT2D eigenvalue weighted by molar-refractivity contribution is -0.119. The minimum absolute atomic E-state index is 0.106. The van der Waals surface area contributed by atoms with Gasteiger partial charge in [-0.05, 0) is 19.9 Å². The quantitative estimate of drug-likeness (QED) is 0.526. The SMILES string of the molecule is CCNC(=O)CNC(=O)Nc1cc(C)[nH]c1C(=O)O. The lowest BCUT2D eigenvalue weighted by atomic mass is 10.3. The summed E-state index contributed by atoms with van der Waals surface area (Å²) in [6, 6.07) is 0.850. The number of amides is 3. The molecule has 0 aliphatic heterocycles. The van der Waals surface area contributed by atoms with Crippen molar-refractivity contribution in [2.24, 2.45) is 0 Å². The molecule has 0 saturated carbocycles. The Bertz CT molecular complexity index is 495. The van der Waals surface area contributed by atoms with Gasteiger partial charge in [0.05, 0.1) is 12.2 Å². The van der Waals surface area contributed by atoms with Crippen LogP contribution in [-0.2, 0) is 4.79 Å². The van der Waals surface area contributed by atoms with Crippen LogP contribution in [-0.4, -0.2) is 41.1 Å². The van der Waals surface area contributed by atoms with Crippen LogP contribution in [0.25, 0.3) is 0 Å². The standard InChI is InChI=1S/C11H16N4O4/c1-3-12-8(16)5-13-11(19)15-7-4-6(2)14-9(7)10(17)18/h4,14H,3,5H2,1-2H3,(H,12,16)(H,17,18)(H2,13,15,19). The van der Waals surface area contributed by atoms with E-state index in [4.69, 9.17) is 5.11 Å². The van der Waals surface area contributed by atoms with E-state index >= 15 is 0 Å². The summed E-state index contributed by atoms with van der Waals surface area (Å²) in [4.78, 5) is 36.1. The van der Waals surface area contributed by atoms with Gasteiger partial charge in [-0.15, -0.1) is 0 Å². The number of carbonyl (C=O) groups is 3. The molecular weight excluding hydrogens is 252 g/mol. The zero-order valence-electron chi connectivity index (χ0n) is 10.7. The molecule has 0 saturated heterocycles. The van der Waals surface area contributed by atoms with Crippen molar-refractivity contribution >= 4 is 23.6 Å². The highest BCUT2D eigenvalue weighted by atomic mass is 16.4. The van der Waals surface area contributed by atoms with E-state index in [0.29, 0.717) is 12.2 Å². The molecule has 0 radical (unpaired) electrons. The predicted molar refractivity (Wildman–Crippen MR) is 68.2 cm³/mol. The summed E-state index contributed by atoms with van der Waals surface area (Å²) in [7, 11) is 0. The summed E-state index contributed by atoms with van der Waals surface area (Å²) in [5.74, 6) is -1.49. The molecule has 0 fully saturated rings. The Labute approximate surface area is 109 Å². The number of aromatic carboxylic acids is 1. The fourth-order valence-corrected chi connectivity index (χ4v) is 1.44. The Morgan fingerprint density at radius 3 is 2.58 bits per heavy atom. The number of aromatic amines is 1. The lowest BCUT2D eigenvalue weighted by Crippen LogP contribution is -2.38. The Hall–Kier alpha value is -2.51. The van der Waals surface area contributed by atoms with Gasteiger partial charge in [0.15, 0.2) is 0 Å². The number of likely N-dealkylation sites (N-methyl/N-ethyl adjacent to an activating group) is 1. The molecule has 0 unspecified atom stereocenters. The minimum atomic E-state index is -1.17. The van der Waals surface area contributed by atoms with Crippen LogP contribution < -0.4 is 16.0 Å². The summed E-state index contributed by atoms with van der Waals surface area (Å²) in [5, 5.41) is 16.1. The molecule has 5 N–H and O–H groups in total. The molecule has 1 heterocycles. The average molecular weight is 268 g/mol. The van der Waals surface area contributed by atoms with E-state index in [1.807, 2.05) is 0 Å². The highest BCUT2D eigenvalue weighted by molar-refractivity contribution is 5.99. The second-order valence-electron chi connectivity index (χ2n) is 3.81. The number of H-pyrrole nitrogens is 1. The van der Waals surface area contributed by atoms with E-state index in [1.54, 1.807) is 13.8 Å². The number of carbonyl (C=O) groups excluding carboxylic acids is 2. The third-order valence-electron chi connectivity index (χ3n) is 2.20. The molecule has 1 rings (SSSR count). The summed E-state index contributed by atoms with van der Waals surface area (Å²) in [6.07, 6.45) is 0. The van der Waals surface area contributed by atoms with Gasteiger partial charge in [-0.3, -0.25) is 4.79 Å². The first-order valence-corrected chi connectivity index (χ1v) is 5.68. The highest BCUT2D eigenvalue weighted by Gasteiger charge is 2.15. The molecule has 1 aromatic heterocycles. The number of carboxylic acid groups (broad SMARTS) is 1. The second-order valence-corrected chi connectivity index (χ2v) is 3.81. The second kappa shape index (κ2) is 6.43. The van der Waals surface area contributed by atoms with Crippen LogP contribution in [0.2, 0.25) is 0 Å². The third kappa shape index (κ3) is 4.34. The molecule has 0 aliphatic rings. The van der Waals surface area contributed by atoms with Gasteiger partial charge in [0.2, 0.25) is 5.91 Å². The number of nitrogens with one attached hydrogen (secondary N) is 4. The van der Waals surface area contributed by atoms with Crippen molar-refractivity contribution in [2.75, 3.05) is 18.4 Å². The van der Waals surface area contributed by atoms with E-state index in [9.17, 15) is 14.4 Å². The molecule has 0 bridgehead atoms. The highest BCUT2D eigenvalue weighted by Crippen LogP contribution is 2.16. The lowest BCUT2D eigenvalue weighted by Gasteiger charge is -2.06. The number of urea groups is 1. The van der Waals surface area contributed by atoms with Crippen molar-refractivity contribution in [3.63, 3.8) is 0 Å². The minimum Gasteiger partial charge on any atom is -0.477 e. The van der Waals surface area contributed by atoms with E-state index in [-0.39, 0.29) is 23.8 Å². The van der Waals surface area contributed by atoms with Crippen LogP contribution in [0, 0.1) is 6.92 Å². The zero-order chi connectivity index (χ0) is 14.4. The van der Waals surface area contributed by atoms with Gasteiger partial charge in [0.25, 0.3) is 0 Å². The fourth-order valence-electron chi connectivity index (χ4n) is 1.44. The van der Waals surface area contributed by atoms with Crippen molar-refractivity contribution < 1.29 is 19.5 Å². The van der Waals surface area contributed by atoms with Gasteiger partial charge < -0.3 is 26.0 Å². The molecule has 0 atom stereocenters. The Balaban J connectivity index is 2.57. The number of aryl methyl sites for hydroxylation is 1. The maximum Gasteiger partial charge on any atom is 0.354 e. The van der Waals surface area contributed by atoms with Gasteiger partial charge in [-0.1, -0.05) is 0 Å². The van der Waals surface area contributed by atoms with Crippen LogP contribution >= 0.6 is 0 Å². The summed E-state index contributed by atoms with van der Waals surface area (Å²) in [5.41, 5.74) is 0.653. The molecule has 3 amide bonds. The van der Waals surface area contributed by atoms with Crippen molar-refractivity contribution in [3.8, 4) is 0 Å². The number of hydrogen-bond donors (Lipinski definition) is 5. The van der Waals surface area contributed by atoms with Crippen LogP contribution in [0.1, 0.15) is 23.1 Å². The molecular formula is C11H16N4O4. The van der Waals surface area contributed by atoms with Crippen LogP contribution in [0.5, 0.6) is 0 Å². The molecule has 8 nitrogen and oxygen atoms in total. The van der Waals surface area contributed by atoms with E-state index in [1.165, 1.54) is 6.07 Å². The largest absolute Gasteiger partial charge is 0.477 e. The Morgan fingerprint density at radius 2 is 2.00 bits per heavy atom. The van der Waals surface area contributed by atoms with Gasteiger partial charge in [0, 0.05) is 12.2 Å². The van der Waals surface area contributed by atoms with Gasteiger partial charge >= 0.3 is 12.0 Å². The molecule has 0 aliphatic carbocycles. The molecule has 0 aromatic carbocycles. The van der Waals surface area contributed by atoms with E-state index in [2.05, 4.69) is 20.9 Å². The van der Waals surface area contributed by atoms with Crippen molar-refractivity contribution in [1.82, 2.24) is 15.6 Å². The maximum atomic E-state index is 11.5. The van der Waals surface area contributed by atoms with Gasteiger partial charge in [-0.2, -0.15) is 0 Å². The summed E-state index contributed by atoms with van der Waals surface area (Å²) >= 11 is 0. The Morgan fingerprint density at radius 1 is 1.32 bits per heavy atom. The first-order valence-electron chi connectivity index (χ1n) is 5.68. The van der Waals surface area contributed by atoms with Crippen molar-refractivity contribution in [1.29, 1.82) is 0 Å². The Kier molecular flexibility index (Phi) is 4.92. The topological polar surface area (TPSA) is 123 Å². The molecule has 0 spiro atoms. The fraction of sp³-hybridized carbons (Fsp3) is 0.364. The molecule has 104 valence electrons. The number of rotatable bonds is 5. The zero-order valence-corrected chi connectivity index (χ0v) is 10.7. The molecule has 19 heavy (non-hydrogen) atoms. The first-order chi connectivity index (χ1) is 8.93. The maximum absolute atomic E-state index is 11.5. The number of aromatic nitrogens is 1. The number of anilines is 1. The third-order valence-corrected chi connectivity index (χ3v) is 2.20. The summed E-state index contributed by atoms with van der Waals surface area (Å²) < 4.78 is 0. The first kappa shape index (κ1) is 14.6. The van der Waals surface area contributed by atoms with Gasteiger partial charge in [-0.25, -0.2) is 9.59 Å². The molecule has 1 aromatic rings. The van der Waals surface area contributed by atoms with Crippen LogP contribution in [0.3, 0.4) is 0 Å². The van der Waals surface area contributed by atoms with Crippen LogP contribution in [0.15, 0.2) is 6.07 Å². The van der Waals surface area contributed by atoms with E-state index < -0.39 is 12.0 Å². The van der Waals surface area contributed by atoms with Crippen molar-refractivity contribution in [3.05, 3.63) is 17.5 Å². The normalized spacial score (nSPS) is 9.79.